The molecule has 0 aliphatic carbocycles. The van der Waals surface area contributed by atoms with Gasteiger partial charge in [0, 0.05) is 11.6 Å². The van der Waals surface area contributed by atoms with Gasteiger partial charge in [0.05, 0.1) is 6.42 Å². The van der Waals surface area contributed by atoms with Gasteiger partial charge >= 0.3 is 0 Å². The second-order valence-corrected chi connectivity index (χ2v) is 10.1. The third-order valence-electron chi connectivity index (χ3n) is 5.10. The molecule has 0 fully saturated rings. The van der Waals surface area contributed by atoms with E-state index in [-0.39, 0.29) is 29.8 Å². The first-order valence-corrected chi connectivity index (χ1v) is 12.1. The van der Waals surface area contributed by atoms with Crippen LogP contribution < -0.4 is 4.72 Å². The molecule has 1 amide bonds. The molecule has 32 heavy (non-hydrogen) atoms. The van der Waals surface area contributed by atoms with E-state index in [9.17, 15) is 17.6 Å². The van der Waals surface area contributed by atoms with Gasteiger partial charge in [0.2, 0.25) is 15.9 Å². The van der Waals surface area contributed by atoms with Crippen LogP contribution in [0.15, 0.2) is 53.1 Å². The highest BCUT2D eigenvalue weighted by Gasteiger charge is 2.23. The van der Waals surface area contributed by atoms with Crippen molar-refractivity contribution in [3.8, 4) is 11.3 Å². The zero-order valence-corrected chi connectivity index (χ0v) is 19.4. The van der Waals surface area contributed by atoms with Crippen LogP contribution in [0, 0.1) is 5.82 Å². The lowest BCUT2D eigenvalue weighted by atomic mass is 9.87. The number of hydrogen-bond acceptors (Lipinski definition) is 5. The standard InChI is InChI=1S/C24H27FN2O4S/c1-15(2)20-10-18(25)11-21(16(3)4)22(20)13-24(28)27-32(29,30)14-19-12-23(26-31-19)17-8-6-5-7-9-17/h5-12,15-16H,13-14H2,1-4H3,(H,27,28). The quantitative estimate of drug-likeness (QED) is 0.518. The Bertz CT molecular complexity index is 1170. The van der Waals surface area contributed by atoms with E-state index in [0.717, 1.165) is 5.56 Å². The first-order valence-electron chi connectivity index (χ1n) is 10.4. The van der Waals surface area contributed by atoms with Crippen molar-refractivity contribution in [3.05, 3.63) is 76.8 Å². The van der Waals surface area contributed by atoms with Crippen LogP contribution >= 0.6 is 0 Å². The largest absolute Gasteiger partial charge is 0.360 e. The molecule has 1 N–H and O–H groups in total. The Balaban J connectivity index is 1.76. The van der Waals surface area contributed by atoms with Crippen molar-refractivity contribution in [2.45, 2.75) is 51.7 Å². The van der Waals surface area contributed by atoms with Crippen molar-refractivity contribution in [1.82, 2.24) is 9.88 Å². The Morgan fingerprint density at radius 3 is 2.19 bits per heavy atom. The Labute approximate surface area is 187 Å². The summed E-state index contributed by atoms with van der Waals surface area (Å²) < 4.78 is 46.5. The first kappa shape index (κ1) is 23.7. The van der Waals surface area contributed by atoms with Crippen LogP contribution in [0.25, 0.3) is 11.3 Å². The number of halogens is 1. The van der Waals surface area contributed by atoms with Crippen molar-refractivity contribution in [1.29, 1.82) is 0 Å². The van der Waals surface area contributed by atoms with Gasteiger partial charge in [-0.3, -0.25) is 9.52 Å². The molecule has 0 unspecified atom stereocenters. The number of nitrogens with zero attached hydrogens (tertiary/aromatic N) is 1. The second-order valence-electron chi connectivity index (χ2n) is 8.38. The average molecular weight is 459 g/mol. The number of amides is 1. The van der Waals surface area contributed by atoms with Gasteiger partial charge in [-0.15, -0.1) is 0 Å². The molecule has 8 heteroatoms. The number of carbonyl (C=O) groups excluding carboxylic acids is 1. The third-order valence-corrected chi connectivity index (χ3v) is 6.30. The number of sulfonamides is 1. The second kappa shape index (κ2) is 9.65. The van der Waals surface area contributed by atoms with E-state index in [1.165, 1.54) is 18.2 Å². The summed E-state index contributed by atoms with van der Waals surface area (Å²) in [4.78, 5) is 12.6. The Kier molecular flexibility index (Phi) is 7.13. The number of carbonyl (C=O) groups is 1. The van der Waals surface area contributed by atoms with Crippen molar-refractivity contribution in [2.75, 3.05) is 0 Å². The molecule has 1 heterocycles. The van der Waals surface area contributed by atoms with Crippen LogP contribution in [0.2, 0.25) is 0 Å². The molecule has 3 rings (SSSR count). The molecular formula is C24H27FN2O4S. The molecule has 1 aromatic heterocycles. The maximum absolute atomic E-state index is 14.1. The van der Waals surface area contributed by atoms with E-state index in [1.807, 2.05) is 58.0 Å². The van der Waals surface area contributed by atoms with Gasteiger partial charge < -0.3 is 4.52 Å². The summed E-state index contributed by atoms with van der Waals surface area (Å²) in [5.41, 5.74) is 3.36. The minimum absolute atomic E-state index is 0.0202. The fourth-order valence-electron chi connectivity index (χ4n) is 3.63. The number of hydrogen-bond donors (Lipinski definition) is 1. The molecule has 6 nitrogen and oxygen atoms in total. The zero-order valence-electron chi connectivity index (χ0n) is 18.6. The number of rotatable bonds is 8. The summed E-state index contributed by atoms with van der Waals surface area (Å²) in [6.07, 6.45) is -0.161. The summed E-state index contributed by atoms with van der Waals surface area (Å²) in [6, 6.07) is 13.6. The van der Waals surface area contributed by atoms with Crippen LogP contribution in [0.4, 0.5) is 4.39 Å². The Morgan fingerprint density at radius 1 is 1.03 bits per heavy atom. The van der Waals surface area contributed by atoms with Gasteiger partial charge in [0.25, 0.3) is 0 Å². The normalized spacial score (nSPS) is 11.8. The molecule has 0 saturated heterocycles. The maximum Gasteiger partial charge on any atom is 0.242 e. The van der Waals surface area contributed by atoms with Crippen LogP contribution in [0.5, 0.6) is 0 Å². The lowest BCUT2D eigenvalue weighted by Gasteiger charge is -2.20. The predicted octanol–water partition coefficient (Wildman–Crippen LogP) is 4.92. The molecule has 0 spiro atoms. The number of nitrogens with one attached hydrogen (secondary N) is 1. The molecule has 0 aliphatic heterocycles. The van der Waals surface area contributed by atoms with Crippen molar-refractivity contribution >= 4 is 15.9 Å². The topological polar surface area (TPSA) is 89.3 Å². The van der Waals surface area contributed by atoms with Crippen molar-refractivity contribution < 1.29 is 22.1 Å². The molecule has 3 aromatic rings. The molecule has 0 bridgehead atoms. The summed E-state index contributed by atoms with van der Waals surface area (Å²) >= 11 is 0. The van der Waals surface area contributed by atoms with Crippen molar-refractivity contribution in [3.63, 3.8) is 0 Å². The minimum Gasteiger partial charge on any atom is -0.360 e. The van der Waals surface area contributed by atoms with Gasteiger partial charge in [-0.05, 0) is 40.7 Å². The lowest BCUT2D eigenvalue weighted by molar-refractivity contribution is -0.118. The van der Waals surface area contributed by atoms with Gasteiger partial charge in [-0.2, -0.15) is 0 Å². The number of aromatic nitrogens is 1. The van der Waals surface area contributed by atoms with E-state index in [0.29, 0.717) is 22.4 Å². The lowest BCUT2D eigenvalue weighted by Crippen LogP contribution is -2.33. The van der Waals surface area contributed by atoms with E-state index in [1.54, 1.807) is 0 Å². The summed E-state index contributed by atoms with van der Waals surface area (Å²) in [5, 5.41) is 3.90. The number of benzene rings is 2. The zero-order chi connectivity index (χ0) is 23.5. The SMILES string of the molecule is CC(C)c1cc(F)cc(C(C)C)c1CC(=O)NS(=O)(=O)Cc1cc(-c2ccccc2)no1. The van der Waals surface area contributed by atoms with Crippen LogP contribution in [0.1, 0.15) is 62.0 Å². The van der Waals surface area contributed by atoms with Gasteiger partial charge in [0.15, 0.2) is 5.76 Å². The Hall–Kier alpha value is -3.00. The van der Waals surface area contributed by atoms with E-state index in [2.05, 4.69) is 9.88 Å². The molecule has 0 atom stereocenters. The minimum atomic E-state index is -4.00. The average Bonchev–Trinajstić information content (AvgIpc) is 3.16. The summed E-state index contributed by atoms with van der Waals surface area (Å²) in [6.45, 7) is 7.63. The fourth-order valence-corrected chi connectivity index (χ4v) is 4.64. The third kappa shape index (κ3) is 5.82. The van der Waals surface area contributed by atoms with E-state index >= 15 is 0 Å². The molecule has 0 saturated carbocycles. The van der Waals surface area contributed by atoms with Gasteiger partial charge in [-0.25, -0.2) is 12.8 Å². The maximum atomic E-state index is 14.1. The molecular weight excluding hydrogens is 431 g/mol. The van der Waals surface area contributed by atoms with Crippen LogP contribution in [0.3, 0.4) is 0 Å². The molecule has 170 valence electrons. The van der Waals surface area contributed by atoms with Crippen molar-refractivity contribution in [2.24, 2.45) is 0 Å². The van der Waals surface area contributed by atoms with E-state index < -0.39 is 21.7 Å². The monoisotopic (exact) mass is 458 g/mol. The highest BCUT2D eigenvalue weighted by molar-refractivity contribution is 7.89. The molecule has 0 aliphatic rings. The molecule has 2 aromatic carbocycles. The predicted molar refractivity (Wildman–Crippen MR) is 121 cm³/mol. The van der Waals surface area contributed by atoms with Crippen LogP contribution in [-0.2, 0) is 27.0 Å². The smallest absolute Gasteiger partial charge is 0.242 e. The van der Waals surface area contributed by atoms with Gasteiger partial charge in [0.1, 0.15) is 17.3 Å². The van der Waals surface area contributed by atoms with E-state index in [4.69, 9.17) is 4.52 Å². The Morgan fingerprint density at radius 2 is 1.62 bits per heavy atom. The van der Waals surface area contributed by atoms with Gasteiger partial charge in [-0.1, -0.05) is 63.2 Å². The summed E-state index contributed by atoms with van der Waals surface area (Å²) in [7, 11) is -4.00. The summed E-state index contributed by atoms with van der Waals surface area (Å²) in [5.74, 6) is -1.48. The molecule has 0 radical (unpaired) electrons. The van der Waals surface area contributed by atoms with Crippen LogP contribution in [-0.4, -0.2) is 19.5 Å². The fraction of sp³-hybridized carbons (Fsp3) is 0.333. The highest BCUT2D eigenvalue weighted by Crippen LogP contribution is 2.29. The first-order chi connectivity index (χ1) is 15.1. The highest BCUT2D eigenvalue weighted by atomic mass is 32.2.